The van der Waals surface area contributed by atoms with Gasteiger partial charge in [0.15, 0.2) is 6.61 Å². The minimum Gasteiger partial charge on any atom is -0.497 e. The number of ether oxygens (including phenoxy) is 2. The van der Waals surface area contributed by atoms with E-state index in [0.717, 1.165) is 0 Å². The maximum absolute atomic E-state index is 12.7. The molecule has 0 aliphatic rings. The molecule has 0 atom stereocenters. The van der Waals surface area contributed by atoms with Gasteiger partial charge in [0.2, 0.25) is 5.91 Å². The van der Waals surface area contributed by atoms with Gasteiger partial charge in [-0.15, -0.1) is 0 Å². The van der Waals surface area contributed by atoms with Gasteiger partial charge in [-0.3, -0.25) is 9.59 Å². The first-order valence-electron chi connectivity index (χ1n) is 8.60. The molecule has 28 heavy (non-hydrogen) atoms. The number of amides is 2. The van der Waals surface area contributed by atoms with E-state index in [-0.39, 0.29) is 24.1 Å². The molecule has 2 aromatic rings. The summed E-state index contributed by atoms with van der Waals surface area (Å²) in [6, 6.07) is 13.1. The van der Waals surface area contributed by atoms with E-state index in [9.17, 15) is 14.4 Å². The van der Waals surface area contributed by atoms with Gasteiger partial charge < -0.3 is 24.8 Å². The zero-order valence-electron chi connectivity index (χ0n) is 15.7. The van der Waals surface area contributed by atoms with Crippen LogP contribution in [-0.2, 0) is 9.59 Å². The number of carbonyl (C=O) groups excluding carboxylic acids is 2. The molecule has 0 radical (unpaired) electrons. The lowest BCUT2D eigenvalue weighted by atomic mass is 10.2. The van der Waals surface area contributed by atoms with Gasteiger partial charge in [0.25, 0.3) is 5.91 Å². The molecule has 0 bridgehead atoms. The predicted molar refractivity (Wildman–Crippen MR) is 103 cm³/mol. The number of carboxylic acid groups (broad SMARTS) is 1. The Kier molecular flexibility index (Phi) is 7.38. The Hall–Kier alpha value is -3.55. The Balaban J connectivity index is 2.03. The molecular weight excluding hydrogens is 364 g/mol. The molecule has 0 saturated heterocycles. The quantitative estimate of drug-likeness (QED) is 0.685. The monoisotopic (exact) mass is 386 g/mol. The van der Waals surface area contributed by atoms with Crippen molar-refractivity contribution < 1.29 is 29.0 Å². The maximum atomic E-state index is 12.7. The molecule has 2 N–H and O–H groups in total. The SMILES string of the molecule is CCN(CC(=O)Nc1cccc(OC)c1)C(=O)c1cccc(OCC(=O)O)c1. The number of hydrogen-bond donors (Lipinski definition) is 2. The lowest BCUT2D eigenvalue weighted by molar-refractivity contribution is -0.139. The van der Waals surface area contributed by atoms with Crippen molar-refractivity contribution in [3.63, 3.8) is 0 Å². The van der Waals surface area contributed by atoms with E-state index in [1.165, 1.54) is 18.1 Å². The van der Waals surface area contributed by atoms with Crippen molar-refractivity contribution in [2.45, 2.75) is 6.92 Å². The normalized spacial score (nSPS) is 10.1. The summed E-state index contributed by atoms with van der Waals surface area (Å²) >= 11 is 0. The Morgan fingerprint density at radius 3 is 2.46 bits per heavy atom. The van der Waals surface area contributed by atoms with Crippen molar-refractivity contribution in [1.29, 1.82) is 0 Å². The molecule has 8 heteroatoms. The fraction of sp³-hybridized carbons (Fsp3) is 0.250. The van der Waals surface area contributed by atoms with E-state index in [2.05, 4.69) is 5.32 Å². The number of carboxylic acids is 1. The number of hydrogen-bond acceptors (Lipinski definition) is 5. The number of anilines is 1. The number of methoxy groups -OCH3 is 1. The van der Waals surface area contributed by atoms with Crippen molar-refractivity contribution >= 4 is 23.5 Å². The third-order valence-electron chi connectivity index (χ3n) is 3.80. The third-order valence-corrected chi connectivity index (χ3v) is 3.80. The van der Waals surface area contributed by atoms with Gasteiger partial charge in [-0.2, -0.15) is 0 Å². The van der Waals surface area contributed by atoms with E-state index in [1.54, 1.807) is 49.4 Å². The first-order valence-corrected chi connectivity index (χ1v) is 8.60. The van der Waals surface area contributed by atoms with Crippen LogP contribution in [0, 0.1) is 0 Å². The summed E-state index contributed by atoms with van der Waals surface area (Å²) in [5.74, 6) is -0.934. The molecule has 2 aromatic carbocycles. The molecule has 148 valence electrons. The molecule has 0 heterocycles. The minimum absolute atomic E-state index is 0.132. The summed E-state index contributed by atoms with van der Waals surface area (Å²) < 4.78 is 10.2. The number of nitrogens with zero attached hydrogens (tertiary/aromatic N) is 1. The second-order valence-electron chi connectivity index (χ2n) is 5.81. The van der Waals surface area contributed by atoms with Gasteiger partial charge in [-0.1, -0.05) is 12.1 Å². The highest BCUT2D eigenvalue weighted by atomic mass is 16.5. The molecule has 0 spiro atoms. The molecule has 8 nitrogen and oxygen atoms in total. The molecule has 0 unspecified atom stereocenters. The molecule has 0 aliphatic carbocycles. The van der Waals surface area contributed by atoms with Crippen molar-refractivity contribution in [3.05, 3.63) is 54.1 Å². The van der Waals surface area contributed by atoms with Crippen molar-refractivity contribution in [2.75, 3.05) is 32.1 Å². The van der Waals surface area contributed by atoms with Crippen LogP contribution >= 0.6 is 0 Å². The van der Waals surface area contributed by atoms with Gasteiger partial charge in [0.05, 0.1) is 7.11 Å². The summed E-state index contributed by atoms with van der Waals surface area (Å²) in [6.45, 7) is 1.46. The summed E-state index contributed by atoms with van der Waals surface area (Å²) in [7, 11) is 1.53. The highest BCUT2D eigenvalue weighted by molar-refractivity contribution is 5.99. The molecule has 0 aliphatic heterocycles. The largest absolute Gasteiger partial charge is 0.497 e. The van der Waals surface area contributed by atoms with Crippen LogP contribution in [0.5, 0.6) is 11.5 Å². The van der Waals surface area contributed by atoms with Crippen molar-refractivity contribution in [1.82, 2.24) is 4.90 Å². The average molecular weight is 386 g/mol. The molecule has 2 rings (SSSR count). The second kappa shape index (κ2) is 9.96. The number of carbonyl (C=O) groups is 3. The zero-order valence-corrected chi connectivity index (χ0v) is 15.7. The predicted octanol–water partition coefficient (Wildman–Crippen LogP) is 2.26. The lowest BCUT2D eigenvalue weighted by Crippen LogP contribution is -2.37. The van der Waals surface area contributed by atoms with Crippen LogP contribution in [0.2, 0.25) is 0 Å². The van der Waals surface area contributed by atoms with Gasteiger partial charge in [0.1, 0.15) is 18.0 Å². The summed E-state index contributed by atoms with van der Waals surface area (Å²) in [6.07, 6.45) is 0. The fourth-order valence-electron chi connectivity index (χ4n) is 2.45. The lowest BCUT2D eigenvalue weighted by Gasteiger charge is -2.21. The third kappa shape index (κ3) is 6.01. The van der Waals surface area contributed by atoms with Crippen LogP contribution in [0.1, 0.15) is 17.3 Å². The molecular formula is C20H22N2O6. The highest BCUT2D eigenvalue weighted by Crippen LogP contribution is 2.17. The van der Waals surface area contributed by atoms with E-state index in [1.807, 2.05) is 0 Å². The fourth-order valence-corrected chi connectivity index (χ4v) is 2.45. The van der Waals surface area contributed by atoms with Gasteiger partial charge in [-0.25, -0.2) is 4.79 Å². The average Bonchev–Trinajstić information content (AvgIpc) is 2.70. The summed E-state index contributed by atoms with van der Waals surface area (Å²) in [5, 5.41) is 11.4. The van der Waals surface area contributed by atoms with Gasteiger partial charge in [0, 0.05) is 23.9 Å². The summed E-state index contributed by atoms with van der Waals surface area (Å²) in [5.41, 5.74) is 0.871. The molecule has 2 amide bonds. The van der Waals surface area contributed by atoms with E-state index in [0.29, 0.717) is 23.5 Å². The van der Waals surface area contributed by atoms with Crippen molar-refractivity contribution in [2.24, 2.45) is 0 Å². The van der Waals surface area contributed by atoms with Crippen LogP contribution in [-0.4, -0.2) is 54.6 Å². The molecule has 0 aromatic heterocycles. The van der Waals surface area contributed by atoms with Crippen LogP contribution in [0.4, 0.5) is 5.69 Å². The van der Waals surface area contributed by atoms with Gasteiger partial charge >= 0.3 is 5.97 Å². The first-order chi connectivity index (χ1) is 13.4. The van der Waals surface area contributed by atoms with E-state index >= 15 is 0 Å². The smallest absolute Gasteiger partial charge is 0.341 e. The van der Waals surface area contributed by atoms with Crippen LogP contribution < -0.4 is 14.8 Å². The Labute approximate surface area is 162 Å². The van der Waals surface area contributed by atoms with Crippen LogP contribution in [0.25, 0.3) is 0 Å². The standard InChI is InChI=1S/C20H22N2O6/c1-3-22(12-18(23)21-15-7-5-8-16(11-15)27-2)20(26)14-6-4-9-17(10-14)28-13-19(24)25/h4-11H,3,12-13H2,1-2H3,(H,21,23)(H,24,25). The Morgan fingerprint density at radius 2 is 1.79 bits per heavy atom. The molecule has 0 fully saturated rings. The molecule has 0 saturated carbocycles. The topological polar surface area (TPSA) is 105 Å². The van der Waals surface area contributed by atoms with E-state index in [4.69, 9.17) is 14.6 Å². The number of rotatable bonds is 9. The van der Waals surface area contributed by atoms with E-state index < -0.39 is 12.6 Å². The Morgan fingerprint density at radius 1 is 1.07 bits per heavy atom. The summed E-state index contributed by atoms with van der Waals surface area (Å²) in [4.78, 5) is 37.0. The number of likely N-dealkylation sites (N-methyl/N-ethyl adjacent to an activating group) is 1. The second-order valence-corrected chi connectivity index (χ2v) is 5.81. The minimum atomic E-state index is -1.11. The van der Waals surface area contributed by atoms with Crippen LogP contribution in [0.15, 0.2) is 48.5 Å². The number of benzene rings is 2. The number of nitrogens with one attached hydrogen (secondary N) is 1. The van der Waals surface area contributed by atoms with Gasteiger partial charge in [-0.05, 0) is 37.3 Å². The first kappa shape index (κ1) is 20.8. The Bertz CT molecular complexity index is 852. The van der Waals surface area contributed by atoms with Crippen LogP contribution in [0.3, 0.4) is 0 Å². The zero-order chi connectivity index (χ0) is 20.5. The maximum Gasteiger partial charge on any atom is 0.341 e. The van der Waals surface area contributed by atoms with Crippen molar-refractivity contribution in [3.8, 4) is 11.5 Å². The highest BCUT2D eigenvalue weighted by Gasteiger charge is 2.18. The number of aliphatic carboxylic acids is 1.